The number of fused-ring (bicyclic) bond motifs is 3. The molecule has 1 aromatic carbocycles. The van der Waals surface area contributed by atoms with E-state index in [1.165, 1.54) is 13.2 Å². The highest BCUT2D eigenvalue weighted by Crippen LogP contribution is 2.47. The number of para-hydroxylation sites is 1. The number of benzene rings is 1. The van der Waals surface area contributed by atoms with Crippen LogP contribution in [0.5, 0.6) is 0 Å². The van der Waals surface area contributed by atoms with Crippen LogP contribution in [0, 0.1) is 5.82 Å². The Morgan fingerprint density at radius 3 is 2.94 bits per heavy atom. The molecular weight excluding hydrogens is 306 g/mol. The van der Waals surface area contributed by atoms with Gasteiger partial charge in [-0.15, -0.1) is 0 Å². The smallest absolute Gasteiger partial charge is 0.251 e. The molecule has 2 atom stereocenters. The van der Waals surface area contributed by atoms with Gasteiger partial charge in [0.05, 0.1) is 0 Å². The second-order valence-corrected chi connectivity index (χ2v) is 5.25. The van der Waals surface area contributed by atoms with Gasteiger partial charge < -0.3 is 9.15 Å². The molecule has 5 heteroatoms. The van der Waals surface area contributed by atoms with Gasteiger partial charge in [0.15, 0.2) is 17.2 Å². The van der Waals surface area contributed by atoms with Gasteiger partial charge in [0.2, 0.25) is 0 Å². The molecule has 0 saturated carbocycles. The maximum atomic E-state index is 14.6. The van der Waals surface area contributed by atoms with Crippen LogP contribution in [-0.4, -0.2) is 13.2 Å². The first-order valence-electron chi connectivity index (χ1n) is 5.36. The van der Waals surface area contributed by atoms with E-state index in [2.05, 4.69) is 15.9 Å². The summed E-state index contributed by atoms with van der Waals surface area (Å²) in [7, 11) is 1.40. The zero-order valence-corrected chi connectivity index (χ0v) is 11.0. The Hall–Kier alpha value is -1.20. The molecule has 2 unspecified atom stereocenters. The number of hydrogen-bond donors (Lipinski definition) is 0. The number of methoxy groups -OCH3 is 1. The zero-order valence-electron chi connectivity index (χ0n) is 9.41. The highest BCUT2D eigenvalue weighted by molar-refractivity contribution is 9.09. The van der Waals surface area contributed by atoms with Gasteiger partial charge in [-0.2, -0.15) is 0 Å². The van der Waals surface area contributed by atoms with Crippen LogP contribution in [0.2, 0.25) is 0 Å². The fourth-order valence-electron chi connectivity index (χ4n) is 2.18. The minimum Gasteiger partial charge on any atom is -0.453 e. The summed E-state index contributed by atoms with van der Waals surface area (Å²) >= 11 is 2.96. The zero-order chi connectivity index (χ0) is 12.9. The summed E-state index contributed by atoms with van der Waals surface area (Å²) in [4.78, 5) is 0. The van der Waals surface area contributed by atoms with Crippen molar-refractivity contribution in [1.82, 2.24) is 0 Å². The summed E-state index contributed by atoms with van der Waals surface area (Å²) < 4.78 is 36.6. The molecule has 0 spiro atoms. The summed E-state index contributed by atoms with van der Waals surface area (Å²) in [6.45, 7) is 0. The van der Waals surface area contributed by atoms with Crippen molar-refractivity contribution in [3.05, 3.63) is 41.4 Å². The average molecular weight is 315 g/mol. The lowest BCUT2D eigenvalue weighted by Crippen LogP contribution is -2.31. The lowest BCUT2D eigenvalue weighted by Gasteiger charge is -2.26. The number of rotatable bonds is 1. The van der Waals surface area contributed by atoms with Crippen molar-refractivity contribution in [2.45, 2.75) is 10.7 Å². The summed E-state index contributed by atoms with van der Waals surface area (Å²) in [6.07, 6.45) is 2.46. The first-order valence-corrected chi connectivity index (χ1v) is 6.15. The van der Waals surface area contributed by atoms with Gasteiger partial charge in [-0.05, 0) is 22.0 Å². The first-order chi connectivity index (χ1) is 8.55. The molecule has 0 amide bonds. The van der Waals surface area contributed by atoms with Gasteiger partial charge in [-0.3, -0.25) is 0 Å². The largest absolute Gasteiger partial charge is 0.453 e. The minimum atomic E-state index is -1.99. The third-order valence-electron chi connectivity index (χ3n) is 3.06. The van der Waals surface area contributed by atoms with Gasteiger partial charge in [-0.1, -0.05) is 24.3 Å². The van der Waals surface area contributed by atoms with Gasteiger partial charge >= 0.3 is 0 Å². The van der Waals surface area contributed by atoms with Crippen LogP contribution in [0.3, 0.4) is 0 Å². The maximum Gasteiger partial charge on any atom is 0.251 e. The van der Waals surface area contributed by atoms with Crippen molar-refractivity contribution in [2.24, 2.45) is 0 Å². The molecule has 0 saturated heterocycles. The monoisotopic (exact) mass is 314 g/mol. The molecule has 2 aromatic rings. The Morgan fingerprint density at radius 1 is 1.44 bits per heavy atom. The number of alkyl halides is 2. The first kappa shape index (κ1) is 11.9. The third kappa shape index (κ3) is 1.47. The van der Waals surface area contributed by atoms with Crippen molar-refractivity contribution in [3.63, 3.8) is 0 Å². The Morgan fingerprint density at radius 2 is 2.22 bits per heavy atom. The normalized spacial score (nSPS) is 26.6. The van der Waals surface area contributed by atoms with Crippen LogP contribution >= 0.6 is 15.9 Å². The molecule has 1 aromatic heterocycles. The van der Waals surface area contributed by atoms with Gasteiger partial charge in [0.1, 0.15) is 6.10 Å². The van der Waals surface area contributed by atoms with Crippen molar-refractivity contribution in [2.75, 3.05) is 7.11 Å². The van der Waals surface area contributed by atoms with Crippen LogP contribution < -0.4 is 0 Å². The molecule has 3 rings (SSSR count). The molecule has 94 valence electrons. The Balaban J connectivity index is 2.33. The summed E-state index contributed by atoms with van der Waals surface area (Å²) in [5, 5.41) is 0.553. The lowest BCUT2D eigenvalue weighted by atomic mass is 9.99. The molecule has 0 aliphatic heterocycles. The van der Waals surface area contributed by atoms with Crippen molar-refractivity contribution in [3.8, 4) is 0 Å². The molecule has 0 radical (unpaired) electrons. The molecular formula is C13H9BrF2O2. The van der Waals surface area contributed by atoms with Crippen LogP contribution in [0.15, 0.2) is 28.7 Å². The molecule has 0 N–H and O–H groups in total. The number of furan rings is 1. The highest BCUT2D eigenvalue weighted by atomic mass is 79.9. The second-order valence-electron chi connectivity index (χ2n) is 4.10. The van der Waals surface area contributed by atoms with Crippen molar-refractivity contribution in [1.29, 1.82) is 0 Å². The van der Waals surface area contributed by atoms with E-state index >= 15 is 0 Å². The van der Waals surface area contributed by atoms with Crippen LogP contribution in [0.4, 0.5) is 8.78 Å². The van der Waals surface area contributed by atoms with Crippen molar-refractivity contribution >= 4 is 33.0 Å². The Bertz CT molecular complexity index is 646. The SMILES string of the molecule is COC1C=Cc2c(oc3c(F)cccc23)C1(F)Br. The molecule has 1 aliphatic carbocycles. The fourth-order valence-corrected chi connectivity index (χ4v) is 2.81. The van der Waals surface area contributed by atoms with Crippen LogP contribution in [-0.2, 0) is 9.31 Å². The number of halogens is 3. The van der Waals surface area contributed by atoms with E-state index in [4.69, 9.17) is 9.15 Å². The highest BCUT2D eigenvalue weighted by Gasteiger charge is 2.45. The summed E-state index contributed by atoms with van der Waals surface area (Å²) in [5.41, 5.74) is 0.600. The van der Waals surface area contributed by atoms with Crippen molar-refractivity contribution < 1.29 is 17.9 Å². The molecule has 18 heavy (non-hydrogen) atoms. The molecule has 0 bridgehead atoms. The maximum absolute atomic E-state index is 14.6. The van der Waals surface area contributed by atoms with E-state index < -0.39 is 16.5 Å². The minimum absolute atomic E-state index is 0.0388. The fraction of sp³-hybridized carbons (Fsp3) is 0.231. The van der Waals surface area contributed by atoms with E-state index in [1.807, 2.05) is 0 Å². The van der Waals surface area contributed by atoms with E-state index in [9.17, 15) is 8.78 Å². The van der Waals surface area contributed by atoms with E-state index in [0.717, 1.165) is 0 Å². The molecule has 0 fully saturated rings. The van der Waals surface area contributed by atoms with Crippen LogP contribution in [0.1, 0.15) is 11.3 Å². The molecule has 2 nitrogen and oxygen atoms in total. The van der Waals surface area contributed by atoms with Gasteiger partial charge in [0, 0.05) is 18.1 Å². The summed E-state index contributed by atoms with van der Waals surface area (Å²) in [5.74, 6) is -0.468. The predicted molar refractivity (Wildman–Crippen MR) is 67.7 cm³/mol. The van der Waals surface area contributed by atoms with E-state index in [1.54, 1.807) is 24.3 Å². The topological polar surface area (TPSA) is 22.4 Å². The van der Waals surface area contributed by atoms with Crippen LogP contribution in [0.25, 0.3) is 17.0 Å². The van der Waals surface area contributed by atoms with E-state index in [0.29, 0.717) is 10.9 Å². The number of hydrogen-bond acceptors (Lipinski definition) is 2. The predicted octanol–water partition coefficient (Wildman–Crippen LogP) is 4.13. The van der Waals surface area contributed by atoms with Gasteiger partial charge in [0.25, 0.3) is 4.58 Å². The standard InChI is InChI=1S/C13H9BrF2O2/c1-17-10-6-5-8-7-3-2-4-9(15)11(7)18-12(8)13(10,14)16/h2-6,10H,1H3. The quantitative estimate of drug-likeness (QED) is 0.738. The number of ether oxygens (including phenoxy) is 1. The molecule has 1 heterocycles. The van der Waals surface area contributed by atoms with E-state index in [-0.39, 0.29) is 11.3 Å². The summed E-state index contributed by atoms with van der Waals surface area (Å²) in [6, 6.07) is 4.54. The Labute approximate surface area is 110 Å². The Kier molecular flexibility index (Phi) is 2.57. The third-order valence-corrected chi connectivity index (χ3v) is 3.87. The average Bonchev–Trinajstić information content (AvgIpc) is 2.71. The second kappa shape index (κ2) is 3.90. The van der Waals surface area contributed by atoms with Gasteiger partial charge in [-0.25, -0.2) is 8.78 Å². The lowest BCUT2D eigenvalue weighted by molar-refractivity contribution is 0.0379. The molecule has 1 aliphatic rings.